The first-order chi connectivity index (χ1) is 10.0. The zero-order valence-corrected chi connectivity index (χ0v) is 12.6. The van der Waals surface area contributed by atoms with Crippen LogP contribution in [-0.4, -0.2) is 17.6 Å². The van der Waals surface area contributed by atoms with E-state index in [-0.39, 0.29) is 11.8 Å². The summed E-state index contributed by atoms with van der Waals surface area (Å²) in [5.41, 5.74) is 2.26. The standard InChI is InChI=1S/C16H22N2O3/c1-12(2)21-16-10-14(9-15(11-16)18(19)20)17-8-7-13-5-3-4-6-13/h5,9-12,17H,3-4,6-8H2,1-2H3. The molecule has 5 nitrogen and oxygen atoms in total. The topological polar surface area (TPSA) is 64.4 Å². The predicted octanol–water partition coefficient (Wildman–Crippen LogP) is 4.29. The highest BCUT2D eigenvalue weighted by atomic mass is 16.6. The molecule has 0 radical (unpaired) electrons. The van der Waals surface area contributed by atoms with E-state index in [0.717, 1.165) is 18.7 Å². The second kappa shape index (κ2) is 7.11. The normalized spacial score (nSPS) is 14.1. The zero-order valence-electron chi connectivity index (χ0n) is 12.6. The fourth-order valence-corrected chi connectivity index (χ4v) is 2.46. The van der Waals surface area contributed by atoms with Crippen molar-refractivity contribution in [1.29, 1.82) is 0 Å². The Kier molecular flexibility index (Phi) is 5.20. The van der Waals surface area contributed by atoms with Gasteiger partial charge in [-0.25, -0.2) is 0 Å². The molecule has 0 aliphatic heterocycles. The minimum atomic E-state index is -0.391. The molecule has 0 heterocycles. The van der Waals surface area contributed by atoms with Crippen LogP contribution in [0.15, 0.2) is 29.8 Å². The summed E-state index contributed by atoms with van der Waals surface area (Å²) in [5.74, 6) is 0.529. The number of hydrogen-bond donors (Lipinski definition) is 1. The van der Waals surface area contributed by atoms with Crippen molar-refractivity contribution in [1.82, 2.24) is 0 Å². The van der Waals surface area contributed by atoms with Crippen LogP contribution in [0.2, 0.25) is 0 Å². The Bertz CT molecular complexity index is 538. The Labute approximate surface area is 125 Å². The molecule has 1 N–H and O–H groups in total. The lowest BCUT2D eigenvalue weighted by molar-refractivity contribution is -0.384. The van der Waals surface area contributed by atoms with E-state index in [1.165, 1.54) is 30.9 Å². The first-order valence-corrected chi connectivity index (χ1v) is 7.42. The summed E-state index contributed by atoms with van der Waals surface area (Å²) in [6, 6.07) is 4.83. The fourth-order valence-electron chi connectivity index (χ4n) is 2.46. The first-order valence-electron chi connectivity index (χ1n) is 7.42. The number of hydrogen-bond acceptors (Lipinski definition) is 4. The molecule has 21 heavy (non-hydrogen) atoms. The van der Waals surface area contributed by atoms with Crippen molar-refractivity contribution < 1.29 is 9.66 Å². The van der Waals surface area contributed by atoms with Crippen molar-refractivity contribution in [3.05, 3.63) is 40.0 Å². The van der Waals surface area contributed by atoms with Gasteiger partial charge in [0.15, 0.2) is 0 Å². The summed E-state index contributed by atoms with van der Waals surface area (Å²) in [6.07, 6.45) is 6.88. The number of allylic oxidation sites excluding steroid dienone is 1. The van der Waals surface area contributed by atoms with E-state index in [1.807, 2.05) is 19.9 Å². The number of nitrogens with zero attached hydrogens (tertiary/aromatic N) is 1. The summed E-state index contributed by atoms with van der Waals surface area (Å²) in [4.78, 5) is 10.6. The van der Waals surface area contributed by atoms with Crippen molar-refractivity contribution >= 4 is 11.4 Å². The molecule has 0 atom stereocenters. The number of nitro benzene ring substituents is 1. The lowest BCUT2D eigenvalue weighted by Gasteiger charge is -2.12. The molecule has 1 aromatic carbocycles. The van der Waals surface area contributed by atoms with Gasteiger partial charge >= 0.3 is 0 Å². The van der Waals surface area contributed by atoms with E-state index in [9.17, 15) is 10.1 Å². The van der Waals surface area contributed by atoms with Crippen molar-refractivity contribution in [2.75, 3.05) is 11.9 Å². The maximum atomic E-state index is 11.0. The zero-order chi connectivity index (χ0) is 15.2. The molecule has 5 heteroatoms. The van der Waals surface area contributed by atoms with Crippen LogP contribution >= 0.6 is 0 Å². The highest BCUT2D eigenvalue weighted by Gasteiger charge is 2.12. The third kappa shape index (κ3) is 4.77. The van der Waals surface area contributed by atoms with Gasteiger partial charge in [-0.2, -0.15) is 0 Å². The smallest absolute Gasteiger partial charge is 0.275 e. The van der Waals surface area contributed by atoms with Crippen LogP contribution in [0.5, 0.6) is 5.75 Å². The molecule has 0 aromatic heterocycles. The molecule has 1 aliphatic carbocycles. The molecular formula is C16H22N2O3. The van der Waals surface area contributed by atoms with Gasteiger partial charge in [0, 0.05) is 24.4 Å². The minimum absolute atomic E-state index is 0.0106. The molecule has 0 saturated carbocycles. The number of benzene rings is 1. The highest BCUT2D eigenvalue weighted by molar-refractivity contribution is 5.56. The van der Waals surface area contributed by atoms with Gasteiger partial charge in [0.05, 0.1) is 17.1 Å². The van der Waals surface area contributed by atoms with E-state index in [1.54, 1.807) is 6.07 Å². The number of anilines is 1. The molecule has 2 rings (SSSR count). The second-order valence-corrected chi connectivity index (χ2v) is 5.57. The maximum absolute atomic E-state index is 11.0. The average molecular weight is 290 g/mol. The third-order valence-corrected chi connectivity index (χ3v) is 3.38. The highest BCUT2D eigenvalue weighted by Crippen LogP contribution is 2.27. The number of rotatable bonds is 7. The largest absolute Gasteiger partial charge is 0.491 e. The Balaban J connectivity index is 2.02. The number of nitrogens with one attached hydrogen (secondary N) is 1. The molecule has 1 aromatic rings. The van der Waals surface area contributed by atoms with E-state index in [2.05, 4.69) is 11.4 Å². The van der Waals surface area contributed by atoms with E-state index < -0.39 is 4.92 Å². The van der Waals surface area contributed by atoms with Gasteiger partial charge in [-0.15, -0.1) is 0 Å². The minimum Gasteiger partial charge on any atom is -0.491 e. The van der Waals surface area contributed by atoms with Crippen molar-refractivity contribution in [2.24, 2.45) is 0 Å². The van der Waals surface area contributed by atoms with Crippen LogP contribution in [0.3, 0.4) is 0 Å². The van der Waals surface area contributed by atoms with Crippen molar-refractivity contribution in [3.63, 3.8) is 0 Å². The Morgan fingerprint density at radius 1 is 1.38 bits per heavy atom. The fraction of sp³-hybridized carbons (Fsp3) is 0.500. The Hall–Kier alpha value is -2.04. The van der Waals surface area contributed by atoms with E-state index >= 15 is 0 Å². The molecule has 0 spiro atoms. The van der Waals surface area contributed by atoms with E-state index in [0.29, 0.717) is 5.75 Å². The average Bonchev–Trinajstić information content (AvgIpc) is 2.90. The molecule has 1 aliphatic rings. The summed E-state index contributed by atoms with van der Waals surface area (Å²) >= 11 is 0. The van der Waals surface area contributed by atoms with Crippen LogP contribution in [-0.2, 0) is 0 Å². The van der Waals surface area contributed by atoms with Gasteiger partial charge in [-0.3, -0.25) is 10.1 Å². The number of ether oxygens (including phenoxy) is 1. The molecule has 0 saturated heterocycles. The quantitative estimate of drug-likeness (QED) is 0.462. The van der Waals surface area contributed by atoms with Gasteiger partial charge in [-0.1, -0.05) is 11.6 Å². The predicted molar refractivity (Wildman–Crippen MR) is 83.9 cm³/mol. The van der Waals surface area contributed by atoms with E-state index in [4.69, 9.17) is 4.74 Å². The van der Waals surface area contributed by atoms with Crippen molar-refractivity contribution in [3.8, 4) is 5.75 Å². The summed E-state index contributed by atoms with van der Waals surface area (Å²) in [5, 5.41) is 14.2. The van der Waals surface area contributed by atoms with Crippen LogP contribution in [0, 0.1) is 10.1 Å². The molecule has 0 fully saturated rings. The van der Waals surface area contributed by atoms with Gasteiger partial charge < -0.3 is 10.1 Å². The van der Waals surface area contributed by atoms with Gasteiger partial charge in [0.25, 0.3) is 5.69 Å². The summed E-state index contributed by atoms with van der Waals surface area (Å²) < 4.78 is 5.57. The van der Waals surface area contributed by atoms with Gasteiger partial charge in [0.2, 0.25) is 0 Å². The monoisotopic (exact) mass is 290 g/mol. The summed E-state index contributed by atoms with van der Waals surface area (Å²) in [6.45, 7) is 4.59. The second-order valence-electron chi connectivity index (χ2n) is 5.57. The van der Waals surface area contributed by atoms with Crippen LogP contribution in [0.25, 0.3) is 0 Å². The van der Waals surface area contributed by atoms with Crippen molar-refractivity contribution in [2.45, 2.75) is 45.6 Å². The summed E-state index contributed by atoms with van der Waals surface area (Å²) in [7, 11) is 0. The number of nitro groups is 1. The first kappa shape index (κ1) is 15.4. The molecule has 0 amide bonds. The Morgan fingerprint density at radius 2 is 2.19 bits per heavy atom. The van der Waals surface area contributed by atoms with Crippen LogP contribution in [0.1, 0.15) is 39.5 Å². The number of non-ortho nitro benzene ring substituents is 1. The van der Waals surface area contributed by atoms with Gasteiger partial charge in [-0.05, 0) is 39.5 Å². The van der Waals surface area contributed by atoms with Gasteiger partial charge in [0.1, 0.15) is 5.75 Å². The third-order valence-electron chi connectivity index (χ3n) is 3.38. The lowest BCUT2D eigenvalue weighted by atomic mass is 10.1. The molecular weight excluding hydrogens is 268 g/mol. The Morgan fingerprint density at radius 3 is 2.81 bits per heavy atom. The molecule has 0 bridgehead atoms. The SMILES string of the molecule is CC(C)Oc1cc(NCCC2=CCCC2)cc([N+](=O)[O-])c1. The maximum Gasteiger partial charge on any atom is 0.275 e. The van der Waals surface area contributed by atoms with Crippen LogP contribution < -0.4 is 10.1 Å². The van der Waals surface area contributed by atoms with Crippen LogP contribution in [0.4, 0.5) is 11.4 Å². The molecule has 114 valence electrons. The molecule has 0 unspecified atom stereocenters. The lowest BCUT2D eigenvalue weighted by Crippen LogP contribution is -2.07.